The van der Waals surface area contributed by atoms with Gasteiger partial charge in [0, 0.05) is 13.1 Å². The average molecular weight is 344 g/mol. The molecule has 0 bridgehead atoms. The van der Waals surface area contributed by atoms with E-state index in [1.807, 2.05) is 22.2 Å². The first kappa shape index (κ1) is 15.5. The highest BCUT2D eigenvalue weighted by atomic mass is 32.1. The number of nitrogens with zero attached hydrogens (tertiary/aromatic N) is 6. The molecule has 24 heavy (non-hydrogen) atoms. The molecule has 8 heteroatoms. The molecule has 1 aliphatic heterocycles. The van der Waals surface area contributed by atoms with Crippen molar-refractivity contribution >= 4 is 11.3 Å². The van der Waals surface area contributed by atoms with Crippen LogP contribution in [0.25, 0.3) is 10.8 Å². The van der Waals surface area contributed by atoms with Crippen LogP contribution in [-0.4, -0.2) is 43.0 Å². The second-order valence-electron chi connectivity index (χ2n) is 6.22. The number of thiophene rings is 1. The molecule has 0 aromatic carbocycles. The fourth-order valence-electron chi connectivity index (χ4n) is 3.25. The number of hydrogen-bond donors (Lipinski definition) is 0. The molecule has 0 spiro atoms. The van der Waals surface area contributed by atoms with Crippen LogP contribution in [0.1, 0.15) is 31.7 Å². The van der Waals surface area contributed by atoms with Crippen LogP contribution < -0.4 is 0 Å². The van der Waals surface area contributed by atoms with Gasteiger partial charge in [-0.1, -0.05) is 6.07 Å². The quantitative estimate of drug-likeness (QED) is 0.709. The van der Waals surface area contributed by atoms with Gasteiger partial charge in [0.25, 0.3) is 5.89 Å². The molecule has 4 heterocycles. The predicted molar refractivity (Wildman–Crippen MR) is 90.3 cm³/mol. The lowest BCUT2D eigenvalue weighted by molar-refractivity contribution is 0.107. The second-order valence-corrected chi connectivity index (χ2v) is 7.17. The summed E-state index contributed by atoms with van der Waals surface area (Å²) in [6.07, 6.45) is 5.77. The third kappa shape index (κ3) is 3.25. The molecule has 1 fully saturated rings. The fourth-order valence-corrected chi connectivity index (χ4v) is 3.89. The van der Waals surface area contributed by atoms with Gasteiger partial charge in [0.05, 0.1) is 10.9 Å². The van der Waals surface area contributed by atoms with Gasteiger partial charge in [-0.2, -0.15) is 5.10 Å². The Balaban J connectivity index is 1.43. The Morgan fingerprint density at radius 1 is 1.42 bits per heavy atom. The molecule has 1 saturated heterocycles. The van der Waals surface area contributed by atoms with Crippen LogP contribution in [0.3, 0.4) is 0 Å². The minimum atomic E-state index is 0.129. The van der Waals surface area contributed by atoms with Crippen molar-refractivity contribution in [3.05, 3.63) is 36.1 Å². The van der Waals surface area contributed by atoms with E-state index in [2.05, 4.69) is 32.1 Å². The summed E-state index contributed by atoms with van der Waals surface area (Å²) >= 11 is 1.61. The van der Waals surface area contributed by atoms with Crippen molar-refractivity contribution in [2.75, 3.05) is 13.1 Å². The average Bonchev–Trinajstić information content (AvgIpc) is 3.35. The highest BCUT2D eigenvalue weighted by Gasteiger charge is 2.28. The molecule has 1 aliphatic rings. The van der Waals surface area contributed by atoms with Gasteiger partial charge in [0.2, 0.25) is 5.89 Å². The molecule has 3 aromatic rings. The Labute approximate surface area is 144 Å². The van der Waals surface area contributed by atoms with Crippen LogP contribution >= 0.6 is 11.3 Å². The molecule has 0 unspecified atom stereocenters. The van der Waals surface area contributed by atoms with E-state index in [0.29, 0.717) is 17.7 Å². The van der Waals surface area contributed by atoms with Crippen molar-refractivity contribution in [3.63, 3.8) is 0 Å². The van der Waals surface area contributed by atoms with E-state index in [-0.39, 0.29) is 6.04 Å². The predicted octanol–water partition coefficient (Wildman–Crippen LogP) is 2.86. The second kappa shape index (κ2) is 6.82. The van der Waals surface area contributed by atoms with Crippen LogP contribution in [-0.2, 0) is 6.54 Å². The van der Waals surface area contributed by atoms with Crippen molar-refractivity contribution in [2.45, 2.75) is 32.4 Å². The summed E-state index contributed by atoms with van der Waals surface area (Å²) in [6.45, 7) is 5.13. The zero-order valence-electron chi connectivity index (χ0n) is 13.6. The summed E-state index contributed by atoms with van der Waals surface area (Å²) in [4.78, 5) is 7.47. The van der Waals surface area contributed by atoms with Gasteiger partial charge in [-0.15, -0.1) is 21.5 Å². The molecule has 0 N–H and O–H groups in total. The third-order valence-electron chi connectivity index (χ3n) is 4.54. The van der Waals surface area contributed by atoms with Crippen LogP contribution in [0, 0.1) is 5.92 Å². The lowest BCUT2D eigenvalue weighted by Gasteiger charge is -2.35. The van der Waals surface area contributed by atoms with Crippen molar-refractivity contribution in [2.24, 2.45) is 5.92 Å². The van der Waals surface area contributed by atoms with E-state index in [9.17, 15) is 0 Å². The first-order valence-corrected chi connectivity index (χ1v) is 9.11. The summed E-state index contributed by atoms with van der Waals surface area (Å²) in [5.41, 5.74) is 0. The first-order valence-electron chi connectivity index (χ1n) is 8.23. The highest BCUT2D eigenvalue weighted by molar-refractivity contribution is 7.13. The minimum Gasteiger partial charge on any atom is -0.418 e. The van der Waals surface area contributed by atoms with Crippen molar-refractivity contribution < 1.29 is 4.42 Å². The topological polar surface area (TPSA) is 72.9 Å². The SMILES string of the molecule is C[C@@H](c1nnc(-c2cccs2)o1)N1CCC[C@@H](Cn2cncn2)C1. The summed E-state index contributed by atoms with van der Waals surface area (Å²) in [6, 6.07) is 4.12. The highest BCUT2D eigenvalue weighted by Crippen LogP contribution is 2.29. The first-order chi connectivity index (χ1) is 11.8. The van der Waals surface area contributed by atoms with Gasteiger partial charge in [-0.3, -0.25) is 9.58 Å². The molecule has 0 radical (unpaired) electrons. The maximum absolute atomic E-state index is 5.90. The Kier molecular flexibility index (Phi) is 4.40. The van der Waals surface area contributed by atoms with E-state index in [1.165, 1.54) is 12.8 Å². The zero-order chi connectivity index (χ0) is 16.4. The molecule has 3 aromatic heterocycles. The maximum Gasteiger partial charge on any atom is 0.257 e. The largest absolute Gasteiger partial charge is 0.418 e. The fraction of sp³-hybridized carbons (Fsp3) is 0.500. The van der Waals surface area contributed by atoms with Crippen LogP contribution in [0.2, 0.25) is 0 Å². The lowest BCUT2D eigenvalue weighted by Crippen LogP contribution is -2.38. The Hall–Kier alpha value is -2.06. The van der Waals surface area contributed by atoms with Gasteiger partial charge in [-0.05, 0) is 43.7 Å². The third-order valence-corrected chi connectivity index (χ3v) is 5.40. The molecular weight excluding hydrogens is 324 g/mol. The molecule has 0 amide bonds. The number of likely N-dealkylation sites (tertiary alicyclic amines) is 1. The summed E-state index contributed by atoms with van der Waals surface area (Å²) in [7, 11) is 0. The lowest BCUT2D eigenvalue weighted by atomic mass is 9.97. The Bertz CT molecular complexity index is 753. The van der Waals surface area contributed by atoms with E-state index < -0.39 is 0 Å². The van der Waals surface area contributed by atoms with Crippen LogP contribution in [0.5, 0.6) is 0 Å². The number of aromatic nitrogens is 5. The van der Waals surface area contributed by atoms with Gasteiger partial charge >= 0.3 is 0 Å². The van der Waals surface area contributed by atoms with Crippen molar-refractivity contribution in [1.29, 1.82) is 0 Å². The monoisotopic (exact) mass is 344 g/mol. The molecule has 0 aliphatic carbocycles. The van der Waals surface area contributed by atoms with Crippen molar-refractivity contribution in [1.82, 2.24) is 29.9 Å². The standard InChI is InChI=1S/C16H20N6OS/c1-12(15-19-20-16(23-15)14-5-3-7-24-14)21-6-2-4-13(8-21)9-22-11-17-10-18-22/h3,5,7,10-13H,2,4,6,8-9H2,1H3/t12-,13+/m0/s1. The molecule has 2 atom stereocenters. The molecular formula is C16H20N6OS. The molecule has 0 saturated carbocycles. The number of hydrogen-bond acceptors (Lipinski definition) is 7. The molecule has 4 rings (SSSR count). The molecule has 126 valence electrons. The van der Waals surface area contributed by atoms with Crippen molar-refractivity contribution in [3.8, 4) is 10.8 Å². The van der Waals surface area contributed by atoms with E-state index >= 15 is 0 Å². The number of rotatable bonds is 5. The van der Waals surface area contributed by atoms with E-state index in [0.717, 1.165) is 24.5 Å². The zero-order valence-corrected chi connectivity index (χ0v) is 14.4. The Morgan fingerprint density at radius 2 is 2.38 bits per heavy atom. The molecule has 7 nitrogen and oxygen atoms in total. The Morgan fingerprint density at radius 3 is 3.17 bits per heavy atom. The van der Waals surface area contributed by atoms with Gasteiger partial charge < -0.3 is 4.42 Å². The summed E-state index contributed by atoms with van der Waals surface area (Å²) in [5.74, 6) is 1.88. The summed E-state index contributed by atoms with van der Waals surface area (Å²) < 4.78 is 7.82. The van der Waals surface area contributed by atoms with E-state index in [4.69, 9.17) is 4.42 Å². The van der Waals surface area contributed by atoms with Crippen LogP contribution in [0.4, 0.5) is 0 Å². The number of piperidine rings is 1. The van der Waals surface area contributed by atoms with Crippen LogP contribution in [0.15, 0.2) is 34.6 Å². The summed E-state index contributed by atoms with van der Waals surface area (Å²) in [5, 5.41) is 14.7. The van der Waals surface area contributed by atoms with Gasteiger partial charge in [0.15, 0.2) is 0 Å². The van der Waals surface area contributed by atoms with Gasteiger partial charge in [-0.25, -0.2) is 4.98 Å². The van der Waals surface area contributed by atoms with Gasteiger partial charge in [0.1, 0.15) is 12.7 Å². The normalized spacial score (nSPS) is 20.3. The maximum atomic E-state index is 5.90. The van der Waals surface area contributed by atoms with E-state index in [1.54, 1.807) is 24.0 Å². The smallest absolute Gasteiger partial charge is 0.257 e. The minimum absolute atomic E-state index is 0.129.